The smallest absolute Gasteiger partial charge is 0.293 e. The molecule has 0 fully saturated rings. The van der Waals surface area contributed by atoms with E-state index < -0.39 is 23.8 Å². The second kappa shape index (κ2) is 27.3. The van der Waals surface area contributed by atoms with Crippen molar-refractivity contribution in [2.24, 2.45) is 0 Å². The van der Waals surface area contributed by atoms with Crippen molar-refractivity contribution in [3.8, 4) is 0 Å². The van der Waals surface area contributed by atoms with Crippen molar-refractivity contribution in [2.45, 2.75) is 39.3 Å². The molecule has 0 radical (unpaired) electrons. The van der Waals surface area contributed by atoms with Crippen LogP contribution in [-0.4, -0.2) is 126 Å². The lowest BCUT2D eigenvalue weighted by Gasteiger charge is -2.14. The molecule has 1 aromatic carbocycles. The van der Waals surface area contributed by atoms with Gasteiger partial charge in [0.15, 0.2) is 0 Å². The number of imide groups is 1. The van der Waals surface area contributed by atoms with Gasteiger partial charge in [-0.2, -0.15) is 0 Å². The summed E-state index contributed by atoms with van der Waals surface area (Å²) < 4.78 is 26.2. The van der Waals surface area contributed by atoms with Crippen molar-refractivity contribution in [3.05, 3.63) is 42.0 Å². The van der Waals surface area contributed by atoms with Crippen molar-refractivity contribution in [1.29, 1.82) is 0 Å². The lowest BCUT2D eigenvalue weighted by molar-refractivity contribution is -0.135. The molecule has 17 nitrogen and oxygen atoms in total. The third kappa shape index (κ3) is 21.7. The normalized spacial score (nSPS) is 11.3. The van der Waals surface area contributed by atoms with Crippen LogP contribution < -0.4 is 21.3 Å². The number of hydrogen-bond donors (Lipinski definition) is 4. The zero-order valence-electron chi connectivity index (χ0n) is 27.9. The Morgan fingerprint density at radius 1 is 0.776 bits per heavy atom. The molecular weight excluding hydrogens is 646 g/mol. The number of nitrogens with one attached hydrogen (secondary N) is 4. The van der Waals surface area contributed by atoms with Gasteiger partial charge in [-0.3, -0.25) is 38.5 Å². The SMILES string of the molecule is C/C=C\C(=O)N(C=O)CCC(=O)NCCOCCOCCOCCOCCC(=O)NC(C)C(=O)NCC(=O)Nc1ccc(COC=O)cc1. The Balaban J connectivity index is 1.96. The van der Waals surface area contributed by atoms with E-state index in [-0.39, 0.29) is 70.7 Å². The number of carbonyl (C=O) groups is 7. The van der Waals surface area contributed by atoms with Gasteiger partial charge in [0.25, 0.3) is 12.4 Å². The minimum Gasteiger partial charge on any atom is -0.463 e. The Kier molecular flexibility index (Phi) is 23.5. The van der Waals surface area contributed by atoms with E-state index in [4.69, 9.17) is 18.9 Å². The first kappa shape index (κ1) is 42.3. The quantitative estimate of drug-likeness (QED) is 0.0494. The van der Waals surface area contributed by atoms with Crippen LogP contribution in [0.2, 0.25) is 0 Å². The van der Waals surface area contributed by atoms with E-state index in [9.17, 15) is 33.6 Å². The summed E-state index contributed by atoms with van der Waals surface area (Å²) in [5.74, 6) is -2.13. The molecule has 49 heavy (non-hydrogen) atoms. The third-order valence-corrected chi connectivity index (χ3v) is 6.21. The van der Waals surface area contributed by atoms with E-state index in [2.05, 4.69) is 26.0 Å². The molecular formula is C32H47N5O12. The van der Waals surface area contributed by atoms with Gasteiger partial charge in [0.2, 0.25) is 30.0 Å². The van der Waals surface area contributed by atoms with Crippen molar-refractivity contribution < 1.29 is 57.2 Å². The second-order valence-electron chi connectivity index (χ2n) is 10.1. The maximum atomic E-state index is 12.2. The fraction of sp³-hybridized carbons (Fsp3) is 0.531. The van der Waals surface area contributed by atoms with E-state index in [1.165, 1.54) is 19.1 Å². The van der Waals surface area contributed by atoms with E-state index in [1.54, 1.807) is 31.2 Å². The first-order valence-corrected chi connectivity index (χ1v) is 15.7. The highest BCUT2D eigenvalue weighted by Gasteiger charge is 2.16. The summed E-state index contributed by atoms with van der Waals surface area (Å²) in [6, 6.07) is 5.80. The molecule has 1 aromatic rings. The lowest BCUT2D eigenvalue weighted by Crippen LogP contribution is -2.46. The molecule has 1 unspecified atom stereocenters. The number of allylic oxidation sites excluding steroid dienone is 1. The van der Waals surface area contributed by atoms with E-state index in [1.807, 2.05) is 0 Å². The van der Waals surface area contributed by atoms with Gasteiger partial charge in [0.05, 0.1) is 59.4 Å². The maximum absolute atomic E-state index is 12.2. The summed E-state index contributed by atoms with van der Waals surface area (Å²) >= 11 is 0. The summed E-state index contributed by atoms with van der Waals surface area (Å²) in [6.45, 7) is 5.94. The number of benzene rings is 1. The minimum atomic E-state index is -0.856. The summed E-state index contributed by atoms with van der Waals surface area (Å²) in [4.78, 5) is 82.0. The third-order valence-electron chi connectivity index (χ3n) is 6.21. The highest BCUT2D eigenvalue weighted by atomic mass is 16.6. The van der Waals surface area contributed by atoms with Gasteiger partial charge in [-0.25, -0.2) is 0 Å². The number of hydrogen-bond acceptors (Lipinski definition) is 12. The van der Waals surface area contributed by atoms with E-state index >= 15 is 0 Å². The predicted molar refractivity (Wildman–Crippen MR) is 175 cm³/mol. The van der Waals surface area contributed by atoms with Crippen molar-refractivity contribution >= 4 is 48.1 Å². The molecule has 6 amide bonds. The van der Waals surface area contributed by atoms with Crippen LogP contribution in [-0.2, 0) is 63.9 Å². The fourth-order valence-corrected chi connectivity index (χ4v) is 3.67. The average Bonchev–Trinajstić information content (AvgIpc) is 3.08. The molecule has 0 heterocycles. The average molecular weight is 694 g/mol. The number of anilines is 1. The monoisotopic (exact) mass is 693 g/mol. The van der Waals surface area contributed by atoms with Crippen LogP contribution >= 0.6 is 0 Å². The highest BCUT2D eigenvalue weighted by Crippen LogP contribution is 2.10. The van der Waals surface area contributed by atoms with Crippen molar-refractivity contribution in [2.75, 3.05) is 77.8 Å². The molecule has 0 aliphatic rings. The number of rotatable bonds is 28. The standard InChI is InChI=1S/C32H47N5O12/c1-3-4-31(43)37(23-38)12-9-28(40)33-11-14-46-16-18-48-20-19-47-17-15-45-13-10-29(41)35-25(2)32(44)34-21-30(42)36-27-7-5-26(6-8-27)22-49-24-39/h3-8,23-25H,9-22H2,1-2H3,(H,33,40)(H,34,44)(H,35,41)(H,36,42)/b4-3-. The van der Waals surface area contributed by atoms with Gasteiger partial charge < -0.3 is 45.0 Å². The van der Waals surface area contributed by atoms with Crippen LogP contribution in [0.25, 0.3) is 0 Å². The predicted octanol–water partition coefficient (Wildman–Crippen LogP) is -0.557. The van der Waals surface area contributed by atoms with Gasteiger partial charge in [0.1, 0.15) is 12.6 Å². The molecule has 17 heteroatoms. The number of ether oxygens (including phenoxy) is 5. The van der Waals surface area contributed by atoms with Gasteiger partial charge >= 0.3 is 0 Å². The van der Waals surface area contributed by atoms with Gasteiger partial charge in [-0.15, -0.1) is 0 Å². The minimum absolute atomic E-state index is 0.00267. The fourth-order valence-electron chi connectivity index (χ4n) is 3.67. The number of carbonyl (C=O) groups excluding carboxylic acids is 7. The van der Waals surface area contributed by atoms with Crippen LogP contribution in [0.3, 0.4) is 0 Å². The second-order valence-corrected chi connectivity index (χ2v) is 10.1. The van der Waals surface area contributed by atoms with E-state index in [0.717, 1.165) is 10.5 Å². The van der Waals surface area contributed by atoms with Crippen LogP contribution in [0.5, 0.6) is 0 Å². The lowest BCUT2D eigenvalue weighted by atomic mass is 10.2. The van der Waals surface area contributed by atoms with Crippen LogP contribution in [0.1, 0.15) is 32.3 Å². The van der Waals surface area contributed by atoms with Gasteiger partial charge in [-0.05, 0) is 37.6 Å². The molecule has 0 aliphatic carbocycles. The topological polar surface area (TPSA) is 217 Å². The molecule has 0 aliphatic heterocycles. The van der Waals surface area contributed by atoms with Gasteiger partial charge in [-0.1, -0.05) is 18.2 Å². The molecule has 0 saturated carbocycles. The zero-order chi connectivity index (χ0) is 36.1. The summed E-state index contributed by atoms with van der Waals surface area (Å²) in [5, 5.41) is 10.3. The maximum Gasteiger partial charge on any atom is 0.293 e. The van der Waals surface area contributed by atoms with Crippen molar-refractivity contribution in [3.63, 3.8) is 0 Å². The summed E-state index contributed by atoms with van der Waals surface area (Å²) in [6.07, 6.45) is 3.19. The number of amides is 6. The zero-order valence-corrected chi connectivity index (χ0v) is 27.9. The largest absolute Gasteiger partial charge is 0.463 e. The Morgan fingerprint density at radius 3 is 1.98 bits per heavy atom. The summed E-state index contributed by atoms with van der Waals surface area (Å²) in [7, 11) is 0. The Bertz CT molecular complexity index is 1200. The highest BCUT2D eigenvalue weighted by molar-refractivity contribution is 5.96. The van der Waals surface area contributed by atoms with Crippen LogP contribution in [0.4, 0.5) is 5.69 Å². The molecule has 1 atom stereocenters. The molecule has 0 spiro atoms. The van der Waals surface area contributed by atoms with Crippen LogP contribution in [0.15, 0.2) is 36.4 Å². The first-order valence-electron chi connectivity index (χ1n) is 15.7. The Morgan fingerprint density at radius 2 is 1.39 bits per heavy atom. The van der Waals surface area contributed by atoms with Gasteiger partial charge in [0, 0.05) is 31.6 Å². The molecule has 0 aromatic heterocycles. The molecule has 272 valence electrons. The first-order chi connectivity index (χ1) is 23.7. The molecule has 0 bridgehead atoms. The molecule has 0 saturated heterocycles. The Labute approximate surface area is 285 Å². The van der Waals surface area contributed by atoms with Crippen LogP contribution in [0, 0.1) is 0 Å². The van der Waals surface area contributed by atoms with Crippen molar-refractivity contribution in [1.82, 2.24) is 20.9 Å². The Hall–Kier alpha value is -4.71. The number of nitrogens with zero attached hydrogens (tertiary/aromatic N) is 1. The molecule has 4 N–H and O–H groups in total. The molecule has 1 rings (SSSR count). The van der Waals surface area contributed by atoms with E-state index in [0.29, 0.717) is 51.6 Å². The summed E-state index contributed by atoms with van der Waals surface area (Å²) in [5.41, 5.74) is 1.26.